The Bertz CT molecular complexity index is 507. The summed E-state index contributed by atoms with van der Waals surface area (Å²) in [5, 5.41) is 3.89. The first-order chi connectivity index (χ1) is 8.65. The molecule has 1 aliphatic heterocycles. The van der Waals surface area contributed by atoms with E-state index < -0.39 is 11.8 Å². The Labute approximate surface area is 109 Å². The Morgan fingerprint density at radius 3 is 2.33 bits per heavy atom. The van der Waals surface area contributed by atoms with Gasteiger partial charge in [-0.2, -0.15) is 5.01 Å². The highest BCUT2D eigenvalue weighted by molar-refractivity contribution is 7.80. The number of imide groups is 1. The molecule has 0 fully saturated rings. The van der Waals surface area contributed by atoms with Crippen molar-refractivity contribution in [1.29, 1.82) is 0 Å². The number of hydrogen-bond acceptors (Lipinski definition) is 3. The number of amides is 2. The SMILES string of the molecule is C=CCNC(=S)NN1C(=O)c2ccccc2C1=O. The largest absolute Gasteiger partial charge is 0.358 e. The molecule has 0 spiro atoms. The summed E-state index contributed by atoms with van der Waals surface area (Å²) in [7, 11) is 0. The Hall–Kier alpha value is -2.21. The second-order valence-electron chi connectivity index (χ2n) is 3.60. The van der Waals surface area contributed by atoms with Crippen molar-refractivity contribution in [3.8, 4) is 0 Å². The number of hydrazine groups is 1. The molecule has 92 valence electrons. The van der Waals surface area contributed by atoms with Crippen LogP contribution in [0.25, 0.3) is 0 Å². The van der Waals surface area contributed by atoms with Crippen molar-refractivity contribution in [2.75, 3.05) is 6.54 Å². The molecule has 5 nitrogen and oxygen atoms in total. The summed E-state index contributed by atoms with van der Waals surface area (Å²) in [4.78, 5) is 23.9. The van der Waals surface area contributed by atoms with Gasteiger partial charge in [-0.15, -0.1) is 6.58 Å². The van der Waals surface area contributed by atoms with Crippen molar-refractivity contribution in [2.24, 2.45) is 0 Å². The first-order valence-electron chi connectivity index (χ1n) is 5.28. The van der Waals surface area contributed by atoms with Crippen molar-refractivity contribution in [3.05, 3.63) is 48.0 Å². The van der Waals surface area contributed by atoms with E-state index >= 15 is 0 Å². The maximum absolute atomic E-state index is 12.0. The Balaban J connectivity index is 2.14. The maximum atomic E-state index is 12.0. The molecule has 1 aromatic carbocycles. The van der Waals surface area contributed by atoms with Gasteiger partial charge in [0, 0.05) is 6.54 Å². The summed E-state index contributed by atoms with van der Waals surface area (Å²) >= 11 is 4.96. The van der Waals surface area contributed by atoms with Crippen LogP contribution in [0, 0.1) is 0 Å². The molecule has 0 radical (unpaired) electrons. The molecule has 2 rings (SSSR count). The zero-order chi connectivity index (χ0) is 13.1. The van der Waals surface area contributed by atoms with Crippen LogP contribution in [0.5, 0.6) is 0 Å². The van der Waals surface area contributed by atoms with Crippen LogP contribution in [0.15, 0.2) is 36.9 Å². The number of carbonyl (C=O) groups excluding carboxylic acids is 2. The van der Waals surface area contributed by atoms with E-state index in [4.69, 9.17) is 12.2 Å². The summed E-state index contributed by atoms with van der Waals surface area (Å²) in [6.45, 7) is 3.98. The van der Waals surface area contributed by atoms with E-state index in [0.29, 0.717) is 17.7 Å². The van der Waals surface area contributed by atoms with E-state index in [1.54, 1.807) is 30.3 Å². The highest BCUT2D eigenvalue weighted by atomic mass is 32.1. The highest BCUT2D eigenvalue weighted by Crippen LogP contribution is 2.20. The van der Waals surface area contributed by atoms with Crippen molar-refractivity contribution in [1.82, 2.24) is 15.8 Å². The molecule has 0 aromatic heterocycles. The number of thiocarbonyl (C=S) groups is 1. The van der Waals surface area contributed by atoms with E-state index in [1.165, 1.54) is 0 Å². The number of benzene rings is 1. The van der Waals surface area contributed by atoms with E-state index in [0.717, 1.165) is 5.01 Å². The fourth-order valence-corrected chi connectivity index (χ4v) is 1.77. The topological polar surface area (TPSA) is 61.4 Å². The van der Waals surface area contributed by atoms with Gasteiger partial charge >= 0.3 is 0 Å². The van der Waals surface area contributed by atoms with E-state index in [9.17, 15) is 9.59 Å². The van der Waals surface area contributed by atoms with Gasteiger partial charge in [-0.1, -0.05) is 18.2 Å². The summed E-state index contributed by atoms with van der Waals surface area (Å²) in [5.41, 5.74) is 3.32. The fraction of sp³-hybridized carbons (Fsp3) is 0.0833. The third-order valence-corrected chi connectivity index (χ3v) is 2.65. The molecular weight excluding hydrogens is 250 g/mol. The predicted molar refractivity (Wildman–Crippen MR) is 70.9 cm³/mol. The van der Waals surface area contributed by atoms with Gasteiger partial charge in [-0.3, -0.25) is 15.0 Å². The number of hydrogen-bond donors (Lipinski definition) is 2. The van der Waals surface area contributed by atoms with Gasteiger partial charge in [0.25, 0.3) is 11.8 Å². The molecule has 1 aliphatic rings. The second kappa shape index (κ2) is 4.97. The van der Waals surface area contributed by atoms with Crippen LogP contribution in [0.2, 0.25) is 0 Å². The molecule has 6 heteroatoms. The zero-order valence-electron chi connectivity index (χ0n) is 9.47. The average Bonchev–Trinajstić information content (AvgIpc) is 2.62. The Kier molecular flexibility index (Phi) is 3.38. The lowest BCUT2D eigenvalue weighted by molar-refractivity contribution is 0.0611. The quantitative estimate of drug-likeness (QED) is 0.480. The number of carbonyl (C=O) groups is 2. The number of nitrogens with one attached hydrogen (secondary N) is 2. The molecule has 0 aliphatic carbocycles. The van der Waals surface area contributed by atoms with Gasteiger partial charge in [0.2, 0.25) is 0 Å². The van der Waals surface area contributed by atoms with Crippen LogP contribution in [-0.4, -0.2) is 28.5 Å². The van der Waals surface area contributed by atoms with Crippen LogP contribution in [0.1, 0.15) is 20.7 Å². The van der Waals surface area contributed by atoms with Crippen LogP contribution >= 0.6 is 12.2 Å². The molecule has 18 heavy (non-hydrogen) atoms. The lowest BCUT2D eigenvalue weighted by atomic mass is 10.1. The molecule has 2 amide bonds. The van der Waals surface area contributed by atoms with Crippen molar-refractivity contribution in [2.45, 2.75) is 0 Å². The van der Waals surface area contributed by atoms with Gasteiger partial charge in [-0.05, 0) is 24.4 Å². The first-order valence-corrected chi connectivity index (χ1v) is 5.69. The van der Waals surface area contributed by atoms with Gasteiger partial charge < -0.3 is 5.32 Å². The molecule has 0 saturated carbocycles. The summed E-state index contributed by atoms with van der Waals surface area (Å²) in [6.07, 6.45) is 1.62. The normalized spacial score (nSPS) is 13.2. The Morgan fingerprint density at radius 1 is 1.28 bits per heavy atom. The third kappa shape index (κ3) is 2.10. The lowest BCUT2D eigenvalue weighted by Gasteiger charge is -2.17. The molecule has 0 saturated heterocycles. The van der Waals surface area contributed by atoms with Crippen LogP contribution < -0.4 is 10.7 Å². The molecule has 2 N–H and O–H groups in total. The van der Waals surface area contributed by atoms with Crippen molar-refractivity contribution >= 4 is 29.1 Å². The number of fused-ring (bicyclic) bond motifs is 1. The monoisotopic (exact) mass is 261 g/mol. The second-order valence-corrected chi connectivity index (χ2v) is 4.01. The average molecular weight is 261 g/mol. The van der Waals surface area contributed by atoms with E-state index in [2.05, 4.69) is 17.3 Å². The molecule has 1 aromatic rings. The molecule has 0 unspecified atom stereocenters. The standard InChI is InChI=1S/C12H11N3O2S/c1-2-7-13-12(18)14-15-10(16)8-5-3-4-6-9(8)11(15)17/h2-6H,1,7H2,(H2,13,14,18). The fourth-order valence-electron chi connectivity index (χ4n) is 1.60. The number of rotatable bonds is 3. The van der Waals surface area contributed by atoms with Crippen molar-refractivity contribution < 1.29 is 9.59 Å². The van der Waals surface area contributed by atoms with Crippen LogP contribution in [0.3, 0.4) is 0 Å². The minimum Gasteiger partial charge on any atom is -0.358 e. The van der Waals surface area contributed by atoms with E-state index in [1.807, 2.05) is 0 Å². The highest BCUT2D eigenvalue weighted by Gasteiger charge is 2.35. The van der Waals surface area contributed by atoms with Gasteiger partial charge in [0.05, 0.1) is 11.1 Å². The Morgan fingerprint density at radius 2 is 1.83 bits per heavy atom. The lowest BCUT2D eigenvalue weighted by Crippen LogP contribution is -2.49. The summed E-state index contributed by atoms with van der Waals surface area (Å²) < 4.78 is 0. The minimum atomic E-state index is -0.404. The van der Waals surface area contributed by atoms with E-state index in [-0.39, 0.29) is 5.11 Å². The number of nitrogens with zero attached hydrogens (tertiary/aromatic N) is 1. The van der Waals surface area contributed by atoms with Gasteiger partial charge in [0.1, 0.15) is 0 Å². The minimum absolute atomic E-state index is 0.199. The molecule has 0 atom stereocenters. The smallest absolute Gasteiger partial charge is 0.280 e. The molecule has 0 bridgehead atoms. The van der Waals surface area contributed by atoms with Crippen LogP contribution in [-0.2, 0) is 0 Å². The zero-order valence-corrected chi connectivity index (χ0v) is 10.3. The van der Waals surface area contributed by atoms with Crippen LogP contribution in [0.4, 0.5) is 0 Å². The summed E-state index contributed by atoms with van der Waals surface area (Å²) in [6, 6.07) is 6.64. The third-order valence-electron chi connectivity index (χ3n) is 2.41. The van der Waals surface area contributed by atoms with Gasteiger partial charge in [-0.25, -0.2) is 0 Å². The molecular formula is C12H11N3O2S. The summed E-state index contributed by atoms with van der Waals surface area (Å²) in [5.74, 6) is -0.809. The van der Waals surface area contributed by atoms with Crippen molar-refractivity contribution in [3.63, 3.8) is 0 Å². The predicted octanol–water partition coefficient (Wildman–Crippen LogP) is 0.848. The first kappa shape index (κ1) is 12.3. The van der Waals surface area contributed by atoms with Gasteiger partial charge in [0.15, 0.2) is 5.11 Å². The molecule has 1 heterocycles. The maximum Gasteiger partial charge on any atom is 0.280 e.